The van der Waals surface area contributed by atoms with E-state index in [0.29, 0.717) is 18.9 Å². The minimum atomic E-state index is -2.84. The quantitative estimate of drug-likeness (QED) is 0.710. The highest BCUT2D eigenvalue weighted by atomic mass is 32.2. The molecule has 2 aliphatic heterocycles. The van der Waals surface area contributed by atoms with Crippen LogP contribution in [0, 0.1) is 17.8 Å². The van der Waals surface area contributed by atoms with Crippen LogP contribution in [0.3, 0.4) is 0 Å². The monoisotopic (exact) mass is 260 g/mol. The number of hydrogen-bond acceptors (Lipinski definition) is 4. The Hall–Kier alpha value is -0.620. The van der Waals surface area contributed by atoms with Crippen molar-refractivity contribution in [2.45, 2.75) is 13.3 Å². The zero-order valence-corrected chi connectivity index (χ0v) is 10.9. The summed E-state index contributed by atoms with van der Waals surface area (Å²) in [6.07, 6.45) is 0.682. The molecule has 0 aromatic heterocycles. The zero-order valence-electron chi connectivity index (χ0n) is 10.1. The Bertz CT molecular complexity index is 394. The number of amides is 1. The molecule has 2 N–H and O–H groups in total. The predicted molar refractivity (Wildman–Crippen MR) is 65.3 cm³/mol. The van der Waals surface area contributed by atoms with Crippen LogP contribution in [0.2, 0.25) is 0 Å². The van der Waals surface area contributed by atoms with E-state index in [2.05, 4.69) is 17.6 Å². The van der Waals surface area contributed by atoms with Gasteiger partial charge in [0.15, 0.2) is 9.84 Å². The Labute approximate surface area is 102 Å². The molecule has 2 saturated heterocycles. The summed E-state index contributed by atoms with van der Waals surface area (Å²) in [6, 6.07) is 0. The molecule has 0 spiro atoms. The summed E-state index contributed by atoms with van der Waals surface area (Å²) < 4.78 is 22.5. The molecule has 0 saturated carbocycles. The molecule has 2 rings (SSSR count). The lowest BCUT2D eigenvalue weighted by Crippen LogP contribution is -2.37. The summed E-state index contributed by atoms with van der Waals surface area (Å²) in [5, 5.41) is 6.08. The first-order chi connectivity index (χ1) is 7.98. The van der Waals surface area contributed by atoms with Crippen LogP contribution in [-0.4, -0.2) is 45.5 Å². The van der Waals surface area contributed by atoms with Crippen molar-refractivity contribution in [3.05, 3.63) is 0 Å². The van der Waals surface area contributed by atoms with E-state index in [0.717, 1.165) is 13.1 Å². The van der Waals surface area contributed by atoms with Crippen molar-refractivity contribution in [1.29, 1.82) is 0 Å². The standard InChI is InChI=1S/C11H20N2O3S/c1-8-4-12-6-10(8)11(14)13-5-9-2-3-17(15,16)7-9/h8-10,12H,2-7H2,1H3,(H,13,14)/t8-,9?,10-/m1/s1. The molecule has 0 aliphatic carbocycles. The maximum atomic E-state index is 11.9. The van der Waals surface area contributed by atoms with Crippen molar-refractivity contribution in [3.8, 4) is 0 Å². The lowest BCUT2D eigenvalue weighted by molar-refractivity contribution is -0.125. The SMILES string of the molecule is C[C@@H]1CNC[C@H]1C(=O)NCC1CCS(=O)(=O)C1. The molecule has 0 radical (unpaired) electrons. The molecule has 2 fully saturated rings. The second-order valence-electron chi connectivity index (χ2n) is 5.26. The third kappa shape index (κ3) is 3.19. The van der Waals surface area contributed by atoms with Crippen molar-refractivity contribution in [2.75, 3.05) is 31.1 Å². The van der Waals surface area contributed by atoms with Crippen LogP contribution >= 0.6 is 0 Å². The van der Waals surface area contributed by atoms with Gasteiger partial charge in [-0.3, -0.25) is 4.79 Å². The summed E-state index contributed by atoms with van der Waals surface area (Å²) in [6.45, 7) is 4.18. The van der Waals surface area contributed by atoms with E-state index in [4.69, 9.17) is 0 Å². The van der Waals surface area contributed by atoms with E-state index in [1.807, 2.05) is 0 Å². The maximum absolute atomic E-state index is 11.9. The first-order valence-corrected chi connectivity index (χ1v) is 7.99. The van der Waals surface area contributed by atoms with Gasteiger partial charge in [0, 0.05) is 13.1 Å². The van der Waals surface area contributed by atoms with Gasteiger partial charge in [-0.15, -0.1) is 0 Å². The number of carbonyl (C=O) groups excluding carboxylic acids is 1. The Morgan fingerprint density at radius 2 is 2.18 bits per heavy atom. The summed E-state index contributed by atoms with van der Waals surface area (Å²) in [5.74, 6) is 1.07. The molecule has 0 aromatic rings. The number of sulfone groups is 1. The Balaban J connectivity index is 1.77. The number of nitrogens with one attached hydrogen (secondary N) is 2. The van der Waals surface area contributed by atoms with Crippen LogP contribution in [0.5, 0.6) is 0 Å². The van der Waals surface area contributed by atoms with Gasteiger partial charge in [0.25, 0.3) is 0 Å². The zero-order chi connectivity index (χ0) is 12.5. The van der Waals surface area contributed by atoms with Crippen molar-refractivity contribution < 1.29 is 13.2 Å². The fourth-order valence-corrected chi connectivity index (χ4v) is 4.43. The van der Waals surface area contributed by atoms with E-state index in [-0.39, 0.29) is 29.2 Å². The van der Waals surface area contributed by atoms with Crippen LogP contribution in [0.4, 0.5) is 0 Å². The van der Waals surface area contributed by atoms with Crippen molar-refractivity contribution in [2.24, 2.45) is 17.8 Å². The van der Waals surface area contributed by atoms with Gasteiger partial charge in [-0.25, -0.2) is 8.42 Å². The van der Waals surface area contributed by atoms with Crippen LogP contribution in [-0.2, 0) is 14.6 Å². The van der Waals surface area contributed by atoms with Gasteiger partial charge in [-0.1, -0.05) is 6.92 Å². The molecule has 6 heteroatoms. The van der Waals surface area contributed by atoms with E-state index >= 15 is 0 Å². The maximum Gasteiger partial charge on any atom is 0.224 e. The molecule has 0 bridgehead atoms. The third-order valence-electron chi connectivity index (χ3n) is 3.75. The topological polar surface area (TPSA) is 75.3 Å². The second kappa shape index (κ2) is 4.94. The Kier molecular flexibility index (Phi) is 3.73. The summed E-state index contributed by atoms with van der Waals surface area (Å²) in [4.78, 5) is 11.9. The van der Waals surface area contributed by atoms with Gasteiger partial charge < -0.3 is 10.6 Å². The van der Waals surface area contributed by atoms with E-state index in [9.17, 15) is 13.2 Å². The van der Waals surface area contributed by atoms with Crippen LogP contribution < -0.4 is 10.6 Å². The van der Waals surface area contributed by atoms with Crippen molar-refractivity contribution >= 4 is 15.7 Å². The highest BCUT2D eigenvalue weighted by Gasteiger charge is 2.31. The molecule has 0 aromatic carbocycles. The summed E-state index contributed by atoms with van der Waals surface area (Å²) >= 11 is 0. The van der Waals surface area contributed by atoms with E-state index in [1.54, 1.807) is 0 Å². The largest absolute Gasteiger partial charge is 0.356 e. The minimum Gasteiger partial charge on any atom is -0.356 e. The minimum absolute atomic E-state index is 0.0352. The molecule has 2 aliphatic rings. The Morgan fingerprint density at radius 1 is 1.41 bits per heavy atom. The predicted octanol–water partition coefficient (Wildman–Crippen LogP) is -0.607. The fraction of sp³-hybridized carbons (Fsp3) is 0.909. The molecule has 98 valence electrons. The van der Waals surface area contributed by atoms with Gasteiger partial charge >= 0.3 is 0 Å². The van der Waals surface area contributed by atoms with Crippen molar-refractivity contribution in [3.63, 3.8) is 0 Å². The Morgan fingerprint density at radius 3 is 2.71 bits per heavy atom. The molecule has 2 heterocycles. The van der Waals surface area contributed by atoms with Crippen molar-refractivity contribution in [1.82, 2.24) is 10.6 Å². The normalized spacial score (nSPS) is 35.9. The highest BCUT2D eigenvalue weighted by molar-refractivity contribution is 7.91. The summed E-state index contributed by atoms with van der Waals surface area (Å²) in [5.41, 5.74) is 0. The molecule has 1 amide bonds. The van der Waals surface area contributed by atoms with Gasteiger partial charge in [-0.2, -0.15) is 0 Å². The van der Waals surface area contributed by atoms with E-state index < -0.39 is 9.84 Å². The summed E-state index contributed by atoms with van der Waals surface area (Å²) in [7, 11) is -2.84. The van der Waals surface area contributed by atoms with Gasteiger partial charge in [-0.05, 0) is 24.8 Å². The van der Waals surface area contributed by atoms with Gasteiger partial charge in [0.1, 0.15) is 0 Å². The fourth-order valence-electron chi connectivity index (χ4n) is 2.57. The molecular formula is C11H20N2O3S. The number of carbonyl (C=O) groups is 1. The number of rotatable bonds is 3. The second-order valence-corrected chi connectivity index (χ2v) is 7.48. The first kappa shape index (κ1) is 12.8. The number of hydrogen-bond donors (Lipinski definition) is 2. The van der Waals surface area contributed by atoms with Crippen LogP contribution in [0.1, 0.15) is 13.3 Å². The smallest absolute Gasteiger partial charge is 0.224 e. The average molecular weight is 260 g/mol. The highest BCUT2D eigenvalue weighted by Crippen LogP contribution is 2.19. The van der Waals surface area contributed by atoms with Gasteiger partial charge in [0.05, 0.1) is 17.4 Å². The first-order valence-electron chi connectivity index (χ1n) is 6.17. The molecule has 5 nitrogen and oxygen atoms in total. The molecule has 3 atom stereocenters. The lowest BCUT2D eigenvalue weighted by atomic mass is 9.97. The third-order valence-corrected chi connectivity index (χ3v) is 5.58. The average Bonchev–Trinajstić information content (AvgIpc) is 2.81. The van der Waals surface area contributed by atoms with Gasteiger partial charge in [0.2, 0.25) is 5.91 Å². The lowest BCUT2D eigenvalue weighted by Gasteiger charge is -2.16. The molecule has 1 unspecified atom stereocenters. The molecular weight excluding hydrogens is 240 g/mol. The van der Waals surface area contributed by atoms with E-state index in [1.165, 1.54) is 0 Å². The molecule has 17 heavy (non-hydrogen) atoms. The van der Waals surface area contributed by atoms with Crippen LogP contribution in [0.25, 0.3) is 0 Å². The van der Waals surface area contributed by atoms with Crippen LogP contribution in [0.15, 0.2) is 0 Å².